The van der Waals surface area contributed by atoms with Crippen molar-refractivity contribution >= 4 is 16.7 Å². The van der Waals surface area contributed by atoms with E-state index in [-0.39, 0.29) is 0 Å². The Morgan fingerprint density at radius 1 is 1.14 bits per heavy atom. The van der Waals surface area contributed by atoms with Gasteiger partial charge in [-0.15, -0.1) is 0 Å². The SMILES string of the molecule is c1ccc(NCCc2nc3cnccc3n2C2CC2)cc1. The van der Waals surface area contributed by atoms with Crippen LogP contribution in [-0.2, 0) is 6.42 Å². The molecule has 4 nitrogen and oxygen atoms in total. The third kappa shape index (κ3) is 2.49. The summed E-state index contributed by atoms with van der Waals surface area (Å²) in [6.07, 6.45) is 7.19. The second-order valence-corrected chi connectivity index (χ2v) is 5.54. The molecule has 4 heteroatoms. The minimum Gasteiger partial charge on any atom is -0.385 e. The number of aromatic nitrogens is 3. The van der Waals surface area contributed by atoms with Gasteiger partial charge >= 0.3 is 0 Å². The van der Waals surface area contributed by atoms with Crippen molar-refractivity contribution in [3.63, 3.8) is 0 Å². The minimum atomic E-state index is 0.643. The molecule has 1 N–H and O–H groups in total. The molecule has 0 bridgehead atoms. The van der Waals surface area contributed by atoms with Gasteiger partial charge < -0.3 is 9.88 Å². The zero-order valence-electron chi connectivity index (χ0n) is 11.9. The van der Waals surface area contributed by atoms with Gasteiger partial charge in [0.05, 0.1) is 11.7 Å². The quantitative estimate of drug-likeness (QED) is 0.777. The molecule has 0 spiro atoms. The first-order chi connectivity index (χ1) is 10.4. The van der Waals surface area contributed by atoms with Gasteiger partial charge in [-0.1, -0.05) is 18.2 Å². The van der Waals surface area contributed by atoms with E-state index in [1.165, 1.54) is 24.2 Å². The van der Waals surface area contributed by atoms with Crippen LogP contribution in [0, 0.1) is 0 Å². The van der Waals surface area contributed by atoms with Crippen LogP contribution in [0.2, 0.25) is 0 Å². The standard InChI is InChI=1S/C17H18N4/c1-2-4-13(5-3-1)19-11-9-17-20-15-12-18-10-8-16(15)21(17)14-6-7-14/h1-5,8,10,12,14,19H,6-7,9,11H2. The zero-order valence-corrected chi connectivity index (χ0v) is 11.9. The topological polar surface area (TPSA) is 42.7 Å². The van der Waals surface area contributed by atoms with E-state index in [4.69, 9.17) is 4.98 Å². The number of benzene rings is 1. The fraction of sp³-hybridized carbons (Fsp3) is 0.294. The largest absolute Gasteiger partial charge is 0.385 e. The molecule has 21 heavy (non-hydrogen) atoms. The van der Waals surface area contributed by atoms with E-state index >= 15 is 0 Å². The predicted octanol–water partition coefficient (Wildman–Crippen LogP) is 3.42. The van der Waals surface area contributed by atoms with E-state index in [0.717, 1.165) is 24.2 Å². The Morgan fingerprint density at radius 3 is 2.81 bits per heavy atom. The van der Waals surface area contributed by atoms with Crippen molar-refractivity contribution in [2.75, 3.05) is 11.9 Å². The Morgan fingerprint density at radius 2 is 2.00 bits per heavy atom. The Kier molecular flexibility index (Phi) is 3.07. The average molecular weight is 278 g/mol. The van der Waals surface area contributed by atoms with Crippen LogP contribution in [0.5, 0.6) is 0 Å². The van der Waals surface area contributed by atoms with Gasteiger partial charge in [0.25, 0.3) is 0 Å². The molecule has 0 unspecified atom stereocenters. The number of hydrogen-bond acceptors (Lipinski definition) is 3. The number of nitrogens with one attached hydrogen (secondary N) is 1. The highest BCUT2D eigenvalue weighted by Crippen LogP contribution is 2.38. The molecule has 1 fully saturated rings. The molecular formula is C17H18N4. The van der Waals surface area contributed by atoms with Crippen LogP contribution in [0.3, 0.4) is 0 Å². The van der Waals surface area contributed by atoms with E-state index in [0.29, 0.717) is 6.04 Å². The van der Waals surface area contributed by atoms with Gasteiger partial charge in [-0.3, -0.25) is 4.98 Å². The van der Waals surface area contributed by atoms with E-state index in [1.807, 2.05) is 30.6 Å². The Labute approximate surface area is 123 Å². The molecule has 1 aliphatic carbocycles. The lowest BCUT2D eigenvalue weighted by Crippen LogP contribution is -2.09. The Bertz CT molecular complexity index is 744. The first-order valence-electron chi connectivity index (χ1n) is 7.51. The Hall–Kier alpha value is -2.36. The number of pyridine rings is 1. The average Bonchev–Trinajstić information content (AvgIpc) is 3.29. The third-order valence-electron chi connectivity index (χ3n) is 3.93. The fourth-order valence-electron chi connectivity index (χ4n) is 2.79. The second kappa shape index (κ2) is 5.20. The molecule has 0 aliphatic heterocycles. The number of anilines is 1. The molecule has 2 heterocycles. The summed E-state index contributed by atoms with van der Waals surface area (Å²) in [5, 5.41) is 3.46. The van der Waals surface area contributed by atoms with Gasteiger partial charge in [0.2, 0.25) is 0 Å². The van der Waals surface area contributed by atoms with Crippen molar-refractivity contribution in [2.24, 2.45) is 0 Å². The highest BCUT2D eigenvalue weighted by molar-refractivity contribution is 5.75. The van der Waals surface area contributed by atoms with Crippen LogP contribution in [-0.4, -0.2) is 21.1 Å². The van der Waals surface area contributed by atoms with Crippen LogP contribution in [0.15, 0.2) is 48.8 Å². The maximum atomic E-state index is 4.77. The lowest BCUT2D eigenvalue weighted by Gasteiger charge is -2.09. The van der Waals surface area contributed by atoms with Crippen molar-refractivity contribution < 1.29 is 0 Å². The second-order valence-electron chi connectivity index (χ2n) is 5.54. The molecule has 2 aromatic heterocycles. The molecule has 1 aliphatic rings. The highest BCUT2D eigenvalue weighted by atomic mass is 15.1. The molecule has 1 saturated carbocycles. The van der Waals surface area contributed by atoms with Crippen molar-refractivity contribution in [1.29, 1.82) is 0 Å². The lowest BCUT2D eigenvalue weighted by molar-refractivity contribution is 0.701. The highest BCUT2D eigenvalue weighted by Gasteiger charge is 2.27. The lowest BCUT2D eigenvalue weighted by atomic mass is 10.3. The van der Waals surface area contributed by atoms with E-state index in [9.17, 15) is 0 Å². The molecule has 106 valence electrons. The number of imidazole rings is 1. The summed E-state index contributed by atoms with van der Waals surface area (Å²) in [6, 6.07) is 13.0. The number of hydrogen-bond donors (Lipinski definition) is 1. The van der Waals surface area contributed by atoms with E-state index in [1.54, 1.807) is 0 Å². The fourth-order valence-corrected chi connectivity index (χ4v) is 2.79. The number of nitrogens with zero attached hydrogens (tertiary/aromatic N) is 3. The Balaban J connectivity index is 1.54. The summed E-state index contributed by atoms with van der Waals surface area (Å²) in [6.45, 7) is 0.896. The first kappa shape index (κ1) is 12.4. The van der Waals surface area contributed by atoms with Crippen LogP contribution >= 0.6 is 0 Å². The number of fused-ring (bicyclic) bond motifs is 1. The smallest absolute Gasteiger partial charge is 0.111 e. The van der Waals surface area contributed by atoms with E-state index in [2.05, 4.69) is 33.1 Å². The molecule has 1 aromatic carbocycles. The summed E-state index contributed by atoms with van der Waals surface area (Å²) in [5.41, 5.74) is 3.40. The van der Waals surface area contributed by atoms with Crippen LogP contribution in [0.4, 0.5) is 5.69 Å². The van der Waals surface area contributed by atoms with Gasteiger partial charge in [0.1, 0.15) is 11.3 Å². The van der Waals surface area contributed by atoms with Crippen molar-refractivity contribution in [1.82, 2.24) is 14.5 Å². The van der Waals surface area contributed by atoms with Crippen LogP contribution in [0.1, 0.15) is 24.7 Å². The van der Waals surface area contributed by atoms with Gasteiger partial charge in [-0.2, -0.15) is 0 Å². The normalized spacial score (nSPS) is 14.5. The van der Waals surface area contributed by atoms with Gasteiger partial charge in [-0.05, 0) is 31.0 Å². The summed E-state index contributed by atoms with van der Waals surface area (Å²) < 4.78 is 2.41. The molecule has 0 saturated heterocycles. The van der Waals surface area contributed by atoms with Gasteiger partial charge in [0.15, 0.2) is 0 Å². The molecule has 0 radical (unpaired) electrons. The number of rotatable bonds is 5. The summed E-state index contributed by atoms with van der Waals surface area (Å²) >= 11 is 0. The number of para-hydroxylation sites is 1. The maximum Gasteiger partial charge on any atom is 0.111 e. The maximum absolute atomic E-state index is 4.77. The first-order valence-corrected chi connectivity index (χ1v) is 7.51. The monoisotopic (exact) mass is 278 g/mol. The zero-order chi connectivity index (χ0) is 14.1. The summed E-state index contributed by atoms with van der Waals surface area (Å²) in [4.78, 5) is 8.95. The summed E-state index contributed by atoms with van der Waals surface area (Å²) in [7, 11) is 0. The van der Waals surface area contributed by atoms with Crippen molar-refractivity contribution in [2.45, 2.75) is 25.3 Å². The summed E-state index contributed by atoms with van der Waals surface area (Å²) in [5.74, 6) is 1.17. The van der Waals surface area contributed by atoms with Gasteiger partial charge in [-0.25, -0.2) is 4.98 Å². The van der Waals surface area contributed by atoms with Crippen LogP contribution in [0.25, 0.3) is 11.0 Å². The van der Waals surface area contributed by atoms with Crippen molar-refractivity contribution in [3.8, 4) is 0 Å². The minimum absolute atomic E-state index is 0.643. The molecule has 4 rings (SSSR count). The third-order valence-corrected chi connectivity index (χ3v) is 3.93. The molecule has 0 amide bonds. The molecule has 0 atom stereocenters. The van der Waals surface area contributed by atoms with Crippen molar-refractivity contribution in [3.05, 3.63) is 54.6 Å². The van der Waals surface area contributed by atoms with Crippen LogP contribution < -0.4 is 5.32 Å². The van der Waals surface area contributed by atoms with E-state index < -0.39 is 0 Å². The predicted molar refractivity (Wildman–Crippen MR) is 84.4 cm³/mol. The molecule has 3 aromatic rings. The molecular weight excluding hydrogens is 260 g/mol. The van der Waals surface area contributed by atoms with Gasteiger partial charge in [0, 0.05) is 30.9 Å².